The van der Waals surface area contributed by atoms with Crippen LogP contribution in [0.2, 0.25) is 0 Å². The van der Waals surface area contributed by atoms with Crippen LogP contribution in [0.15, 0.2) is 0 Å². The molecule has 30 heavy (non-hydrogen) atoms. The lowest BCUT2D eigenvalue weighted by Crippen LogP contribution is -2.23. The van der Waals surface area contributed by atoms with Crippen molar-refractivity contribution in [1.29, 1.82) is 0 Å². The molecule has 0 radical (unpaired) electrons. The van der Waals surface area contributed by atoms with Crippen LogP contribution in [-0.2, 0) is 19.1 Å². The molecule has 0 N–H and O–H groups in total. The summed E-state index contributed by atoms with van der Waals surface area (Å²) in [6.45, 7) is 9.05. The summed E-state index contributed by atoms with van der Waals surface area (Å²) in [4.78, 5) is 24.9. The number of carbonyl (C=O) groups is 2. The second kappa shape index (κ2) is 21.2. The van der Waals surface area contributed by atoms with E-state index in [0.29, 0.717) is 0 Å². The van der Waals surface area contributed by atoms with Gasteiger partial charge in [0.25, 0.3) is 0 Å². The first-order valence-corrected chi connectivity index (χ1v) is 12.9. The van der Waals surface area contributed by atoms with E-state index in [-0.39, 0.29) is 37.0 Å². The third-order valence-corrected chi connectivity index (χ3v) is 5.86. The number of unbranched alkanes of at least 4 members (excludes halogenated alkanes) is 8. The standard InChI is InChI=1S/C26H50O4/c1-5-9-13-15-19-23(17-11-7-3)25(27)29-21-22-30-26(28)24(18-12-8-4)20-16-14-10-6-2/h23-24H,5-22H2,1-4H3. The Kier molecular flexibility index (Phi) is 20.4. The SMILES string of the molecule is CCCCCCC(CCCC)C(=O)OCCOC(=O)C(CCCC)CCCCCC. The lowest BCUT2D eigenvalue weighted by molar-refractivity contribution is -0.158. The minimum Gasteiger partial charge on any atom is -0.462 e. The highest BCUT2D eigenvalue weighted by Crippen LogP contribution is 2.20. The van der Waals surface area contributed by atoms with Crippen molar-refractivity contribution in [2.24, 2.45) is 11.8 Å². The third kappa shape index (κ3) is 15.7. The van der Waals surface area contributed by atoms with Gasteiger partial charge in [0.1, 0.15) is 13.2 Å². The second-order valence-electron chi connectivity index (χ2n) is 8.71. The van der Waals surface area contributed by atoms with Crippen molar-refractivity contribution in [2.75, 3.05) is 13.2 Å². The smallest absolute Gasteiger partial charge is 0.309 e. The predicted octanol–water partition coefficient (Wildman–Crippen LogP) is 7.63. The fourth-order valence-electron chi connectivity index (χ4n) is 3.82. The van der Waals surface area contributed by atoms with Crippen LogP contribution < -0.4 is 0 Å². The van der Waals surface area contributed by atoms with Crippen molar-refractivity contribution in [3.63, 3.8) is 0 Å². The summed E-state index contributed by atoms with van der Waals surface area (Å²) < 4.78 is 10.9. The third-order valence-electron chi connectivity index (χ3n) is 5.86. The molecule has 178 valence electrons. The van der Waals surface area contributed by atoms with Crippen LogP contribution in [0.4, 0.5) is 0 Å². The molecule has 0 amide bonds. The fourth-order valence-corrected chi connectivity index (χ4v) is 3.82. The molecule has 0 saturated carbocycles. The topological polar surface area (TPSA) is 52.6 Å². The molecule has 2 unspecified atom stereocenters. The average Bonchev–Trinajstić information content (AvgIpc) is 2.75. The van der Waals surface area contributed by atoms with Crippen molar-refractivity contribution >= 4 is 11.9 Å². The Morgan fingerprint density at radius 3 is 1.17 bits per heavy atom. The van der Waals surface area contributed by atoms with Crippen LogP contribution >= 0.6 is 0 Å². The molecule has 0 fully saturated rings. The van der Waals surface area contributed by atoms with Gasteiger partial charge >= 0.3 is 11.9 Å². The van der Waals surface area contributed by atoms with Crippen LogP contribution in [0.25, 0.3) is 0 Å². The Hall–Kier alpha value is -1.06. The Morgan fingerprint density at radius 2 is 0.833 bits per heavy atom. The van der Waals surface area contributed by atoms with E-state index in [1.54, 1.807) is 0 Å². The molecule has 4 nitrogen and oxygen atoms in total. The van der Waals surface area contributed by atoms with Crippen LogP contribution in [-0.4, -0.2) is 25.2 Å². The molecule has 4 heteroatoms. The quantitative estimate of drug-likeness (QED) is 0.140. The Labute approximate surface area is 186 Å². The molecule has 0 spiro atoms. The summed E-state index contributed by atoms with van der Waals surface area (Å²) in [5.41, 5.74) is 0. The maximum Gasteiger partial charge on any atom is 0.309 e. The van der Waals surface area contributed by atoms with Gasteiger partial charge in [-0.2, -0.15) is 0 Å². The molecule has 0 aromatic rings. The molecular formula is C26H50O4. The molecule has 0 aromatic heterocycles. The van der Waals surface area contributed by atoms with E-state index in [9.17, 15) is 9.59 Å². The van der Waals surface area contributed by atoms with E-state index in [0.717, 1.165) is 64.2 Å². The molecule has 0 saturated heterocycles. The molecular weight excluding hydrogens is 376 g/mol. The van der Waals surface area contributed by atoms with E-state index < -0.39 is 0 Å². The zero-order chi connectivity index (χ0) is 22.5. The highest BCUT2D eigenvalue weighted by molar-refractivity contribution is 5.73. The minimum absolute atomic E-state index is 0.00613. The van der Waals surface area contributed by atoms with E-state index in [2.05, 4.69) is 27.7 Å². The highest BCUT2D eigenvalue weighted by Gasteiger charge is 2.21. The van der Waals surface area contributed by atoms with E-state index in [4.69, 9.17) is 9.47 Å². The van der Waals surface area contributed by atoms with E-state index >= 15 is 0 Å². The molecule has 0 aliphatic carbocycles. The highest BCUT2D eigenvalue weighted by atomic mass is 16.6. The van der Waals surface area contributed by atoms with E-state index in [1.165, 1.54) is 38.5 Å². The monoisotopic (exact) mass is 426 g/mol. The van der Waals surface area contributed by atoms with Gasteiger partial charge in [-0.05, 0) is 25.7 Å². The van der Waals surface area contributed by atoms with Gasteiger partial charge in [0.2, 0.25) is 0 Å². The summed E-state index contributed by atoms with van der Waals surface area (Å²) in [5, 5.41) is 0. The first kappa shape index (κ1) is 28.9. The van der Waals surface area contributed by atoms with Gasteiger partial charge in [0.05, 0.1) is 11.8 Å². The molecule has 0 aromatic carbocycles. The summed E-state index contributed by atoms with van der Waals surface area (Å²) in [6.07, 6.45) is 17.3. The Morgan fingerprint density at radius 1 is 0.500 bits per heavy atom. The van der Waals surface area contributed by atoms with Crippen molar-refractivity contribution in [3.8, 4) is 0 Å². The van der Waals surface area contributed by atoms with Crippen LogP contribution in [0.5, 0.6) is 0 Å². The first-order valence-electron chi connectivity index (χ1n) is 12.9. The average molecular weight is 427 g/mol. The summed E-state index contributed by atoms with van der Waals surface area (Å²) >= 11 is 0. The van der Waals surface area contributed by atoms with Gasteiger partial charge in [-0.15, -0.1) is 0 Å². The minimum atomic E-state index is -0.113. The number of ether oxygens (including phenoxy) is 2. The number of carbonyl (C=O) groups excluding carboxylic acids is 2. The molecule has 0 heterocycles. The van der Waals surface area contributed by atoms with Crippen LogP contribution in [0.1, 0.15) is 130 Å². The predicted molar refractivity (Wildman–Crippen MR) is 125 cm³/mol. The summed E-state index contributed by atoms with van der Waals surface area (Å²) in [5.74, 6) is -0.238. The van der Waals surface area contributed by atoms with Crippen molar-refractivity contribution < 1.29 is 19.1 Å². The maximum absolute atomic E-state index is 12.5. The molecule has 0 rings (SSSR count). The lowest BCUT2D eigenvalue weighted by atomic mass is 9.95. The maximum atomic E-state index is 12.5. The molecule has 0 aliphatic heterocycles. The van der Waals surface area contributed by atoms with Gasteiger partial charge in [-0.25, -0.2) is 0 Å². The number of rotatable bonds is 21. The molecule has 2 atom stereocenters. The zero-order valence-electron chi connectivity index (χ0n) is 20.5. The number of esters is 2. The van der Waals surface area contributed by atoms with Gasteiger partial charge in [-0.3, -0.25) is 9.59 Å². The molecule has 0 aliphatic rings. The summed E-state index contributed by atoms with van der Waals surface area (Å²) in [6, 6.07) is 0. The zero-order valence-corrected chi connectivity index (χ0v) is 20.5. The molecule has 0 bridgehead atoms. The lowest BCUT2D eigenvalue weighted by Gasteiger charge is -2.17. The van der Waals surface area contributed by atoms with Crippen LogP contribution in [0, 0.1) is 11.8 Å². The Balaban J connectivity index is 4.28. The van der Waals surface area contributed by atoms with Gasteiger partial charge in [0, 0.05) is 0 Å². The van der Waals surface area contributed by atoms with Gasteiger partial charge < -0.3 is 9.47 Å². The largest absolute Gasteiger partial charge is 0.462 e. The second-order valence-corrected chi connectivity index (χ2v) is 8.71. The van der Waals surface area contributed by atoms with E-state index in [1.807, 2.05) is 0 Å². The fraction of sp³-hybridized carbons (Fsp3) is 0.923. The van der Waals surface area contributed by atoms with Crippen molar-refractivity contribution in [2.45, 2.75) is 130 Å². The van der Waals surface area contributed by atoms with Crippen molar-refractivity contribution in [3.05, 3.63) is 0 Å². The van der Waals surface area contributed by atoms with Crippen molar-refractivity contribution in [1.82, 2.24) is 0 Å². The van der Waals surface area contributed by atoms with Gasteiger partial charge in [0.15, 0.2) is 0 Å². The first-order chi connectivity index (χ1) is 14.6. The Bertz CT molecular complexity index is 370. The van der Waals surface area contributed by atoms with Crippen LogP contribution in [0.3, 0.4) is 0 Å². The van der Waals surface area contributed by atoms with Gasteiger partial charge in [-0.1, -0.05) is 105 Å². The number of hydrogen-bond donors (Lipinski definition) is 0. The number of hydrogen-bond acceptors (Lipinski definition) is 4. The normalized spacial score (nSPS) is 13.1. The summed E-state index contributed by atoms with van der Waals surface area (Å²) in [7, 11) is 0.